The van der Waals surface area contributed by atoms with Gasteiger partial charge < -0.3 is 19.7 Å². The molecule has 2 atom stereocenters. The summed E-state index contributed by atoms with van der Waals surface area (Å²) in [7, 11) is 0. The first-order valence-electron chi connectivity index (χ1n) is 11.6. The van der Waals surface area contributed by atoms with Crippen LogP contribution in [0.25, 0.3) is 11.3 Å². The summed E-state index contributed by atoms with van der Waals surface area (Å²) in [6.45, 7) is 0.460. The summed E-state index contributed by atoms with van der Waals surface area (Å²) in [4.78, 5) is 24.1. The Kier molecular flexibility index (Phi) is 6.38. The maximum atomic E-state index is 12.5. The van der Waals surface area contributed by atoms with Crippen molar-refractivity contribution in [3.05, 3.63) is 64.3 Å². The summed E-state index contributed by atoms with van der Waals surface area (Å²) in [6, 6.07) is 12.9. The van der Waals surface area contributed by atoms with Crippen molar-refractivity contribution < 1.29 is 29.3 Å². The van der Waals surface area contributed by atoms with Gasteiger partial charge >= 0.3 is 11.9 Å². The van der Waals surface area contributed by atoms with Gasteiger partial charge in [-0.3, -0.25) is 9.48 Å². The molecule has 2 aliphatic rings. The Labute approximate surface area is 207 Å². The number of benzene rings is 2. The molecule has 2 heterocycles. The van der Waals surface area contributed by atoms with Crippen molar-refractivity contribution in [2.24, 2.45) is 11.8 Å². The second kappa shape index (κ2) is 9.62. The molecule has 1 saturated carbocycles. The molecule has 0 amide bonds. The lowest BCUT2D eigenvalue weighted by molar-refractivity contribution is -0.143. The van der Waals surface area contributed by atoms with Crippen molar-refractivity contribution in [2.45, 2.75) is 38.6 Å². The third kappa shape index (κ3) is 4.71. The highest BCUT2D eigenvalue weighted by atomic mass is 35.5. The summed E-state index contributed by atoms with van der Waals surface area (Å²) in [5, 5.41) is 24.9. The summed E-state index contributed by atoms with van der Waals surface area (Å²) in [5.74, 6) is -1.13. The quantitative estimate of drug-likeness (QED) is 0.467. The fraction of sp³-hybridized carbons (Fsp3) is 0.346. The van der Waals surface area contributed by atoms with Gasteiger partial charge in [0.05, 0.1) is 11.6 Å². The van der Waals surface area contributed by atoms with E-state index in [0.29, 0.717) is 52.7 Å². The number of aromatic nitrogens is 2. The number of ether oxygens (including phenoxy) is 2. The Morgan fingerprint density at radius 1 is 1.09 bits per heavy atom. The number of halogens is 1. The van der Waals surface area contributed by atoms with Crippen molar-refractivity contribution in [3.63, 3.8) is 0 Å². The van der Waals surface area contributed by atoms with Gasteiger partial charge in [0.1, 0.15) is 5.69 Å². The van der Waals surface area contributed by atoms with Crippen LogP contribution in [0.4, 0.5) is 0 Å². The molecule has 182 valence electrons. The second-order valence-corrected chi connectivity index (χ2v) is 9.48. The summed E-state index contributed by atoms with van der Waals surface area (Å²) >= 11 is 6.53. The number of hydrogen-bond donors (Lipinski definition) is 2. The van der Waals surface area contributed by atoms with Crippen LogP contribution in [0.2, 0.25) is 5.02 Å². The predicted octanol–water partition coefficient (Wildman–Crippen LogP) is 5.11. The average Bonchev–Trinajstić information content (AvgIpc) is 3.44. The van der Waals surface area contributed by atoms with Crippen LogP contribution in [-0.4, -0.2) is 38.7 Å². The van der Waals surface area contributed by atoms with Crippen LogP contribution in [0.5, 0.6) is 11.5 Å². The number of aromatic carboxylic acids is 1. The largest absolute Gasteiger partial charge is 0.481 e. The SMILES string of the molecule is O=C(O)c1c(Cc2cc3c(cc2Cl)OCO3)c(-c2ccccc2)nn1CC1CCCC(C(=O)O)C1. The first kappa shape index (κ1) is 23.2. The molecular formula is C26H25ClN2O6. The van der Waals surface area contributed by atoms with Gasteiger partial charge in [0.2, 0.25) is 6.79 Å². The molecule has 2 aromatic carbocycles. The minimum absolute atomic E-state index is 0.0356. The van der Waals surface area contributed by atoms with Crippen molar-refractivity contribution in [1.82, 2.24) is 9.78 Å². The van der Waals surface area contributed by atoms with E-state index in [0.717, 1.165) is 18.4 Å². The third-order valence-corrected chi connectivity index (χ3v) is 7.12. The van der Waals surface area contributed by atoms with Crippen LogP contribution in [0, 0.1) is 11.8 Å². The number of hydrogen-bond acceptors (Lipinski definition) is 5. The van der Waals surface area contributed by atoms with E-state index in [9.17, 15) is 19.8 Å². The van der Waals surface area contributed by atoms with E-state index in [4.69, 9.17) is 26.2 Å². The number of fused-ring (bicyclic) bond motifs is 1. The van der Waals surface area contributed by atoms with Gasteiger partial charge in [0.15, 0.2) is 11.5 Å². The van der Waals surface area contributed by atoms with Gasteiger partial charge in [0.25, 0.3) is 0 Å². The Morgan fingerprint density at radius 3 is 2.54 bits per heavy atom. The third-order valence-electron chi connectivity index (χ3n) is 6.77. The zero-order valence-electron chi connectivity index (χ0n) is 18.9. The van der Waals surface area contributed by atoms with E-state index in [1.807, 2.05) is 30.3 Å². The molecule has 0 radical (unpaired) electrons. The maximum Gasteiger partial charge on any atom is 0.354 e. The summed E-state index contributed by atoms with van der Waals surface area (Å²) in [5.41, 5.74) is 2.72. The zero-order valence-corrected chi connectivity index (χ0v) is 19.7. The highest BCUT2D eigenvalue weighted by Crippen LogP contribution is 2.39. The van der Waals surface area contributed by atoms with Crippen LogP contribution >= 0.6 is 11.6 Å². The summed E-state index contributed by atoms with van der Waals surface area (Å²) in [6.07, 6.45) is 3.05. The van der Waals surface area contributed by atoms with Crippen molar-refractivity contribution in [2.75, 3.05) is 6.79 Å². The summed E-state index contributed by atoms with van der Waals surface area (Å²) < 4.78 is 12.4. The zero-order chi connectivity index (χ0) is 24.5. The van der Waals surface area contributed by atoms with Gasteiger partial charge in [-0.2, -0.15) is 5.10 Å². The molecule has 0 bridgehead atoms. The van der Waals surface area contributed by atoms with Gasteiger partial charge in [0, 0.05) is 35.2 Å². The number of carbonyl (C=O) groups is 2. The first-order valence-corrected chi connectivity index (χ1v) is 12.0. The number of nitrogens with zero attached hydrogens (tertiary/aromatic N) is 2. The van der Waals surface area contributed by atoms with Gasteiger partial charge in [-0.15, -0.1) is 0 Å². The van der Waals surface area contributed by atoms with E-state index >= 15 is 0 Å². The van der Waals surface area contributed by atoms with E-state index in [2.05, 4.69) is 0 Å². The van der Waals surface area contributed by atoms with Crippen LogP contribution in [0.15, 0.2) is 42.5 Å². The lowest BCUT2D eigenvalue weighted by Gasteiger charge is -2.26. The maximum absolute atomic E-state index is 12.5. The predicted molar refractivity (Wildman–Crippen MR) is 128 cm³/mol. The molecule has 0 spiro atoms. The minimum Gasteiger partial charge on any atom is -0.481 e. The lowest BCUT2D eigenvalue weighted by Crippen LogP contribution is -2.26. The molecule has 8 nitrogen and oxygen atoms in total. The molecule has 2 N–H and O–H groups in total. The van der Waals surface area contributed by atoms with Crippen LogP contribution in [0.1, 0.15) is 47.3 Å². The molecule has 35 heavy (non-hydrogen) atoms. The smallest absolute Gasteiger partial charge is 0.354 e. The number of carboxylic acid groups (broad SMARTS) is 2. The molecule has 1 aliphatic carbocycles. The van der Waals surface area contributed by atoms with Crippen LogP contribution in [0.3, 0.4) is 0 Å². The first-order chi connectivity index (χ1) is 16.9. The molecule has 3 aromatic rings. The molecule has 9 heteroatoms. The molecule has 1 aromatic heterocycles. The molecule has 5 rings (SSSR count). The van der Waals surface area contributed by atoms with E-state index in [-0.39, 0.29) is 24.8 Å². The number of rotatable bonds is 7. The lowest BCUT2D eigenvalue weighted by atomic mass is 9.81. The fourth-order valence-corrected chi connectivity index (χ4v) is 5.30. The normalized spacial score (nSPS) is 19.0. The Balaban J connectivity index is 1.56. The number of carboxylic acids is 2. The van der Waals surface area contributed by atoms with Gasteiger partial charge in [-0.05, 0) is 36.8 Å². The topological polar surface area (TPSA) is 111 Å². The average molecular weight is 497 g/mol. The van der Waals surface area contributed by atoms with Crippen molar-refractivity contribution in [3.8, 4) is 22.8 Å². The highest BCUT2D eigenvalue weighted by molar-refractivity contribution is 6.31. The molecular weight excluding hydrogens is 472 g/mol. The van der Waals surface area contributed by atoms with E-state index < -0.39 is 17.9 Å². The van der Waals surface area contributed by atoms with E-state index in [1.54, 1.807) is 12.1 Å². The van der Waals surface area contributed by atoms with Crippen molar-refractivity contribution in [1.29, 1.82) is 0 Å². The second-order valence-electron chi connectivity index (χ2n) is 9.07. The molecule has 1 aliphatic heterocycles. The Hall–Kier alpha value is -3.52. The van der Waals surface area contributed by atoms with Crippen LogP contribution < -0.4 is 9.47 Å². The van der Waals surface area contributed by atoms with E-state index in [1.165, 1.54) is 4.68 Å². The van der Waals surface area contributed by atoms with Crippen LogP contribution in [-0.2, 0) is 17.8 Å². The molecule has 1 fully saturated rings. The minimum atomic E-state index is -1.09. The highest BCUT2D eigenvalue weighted by Gasteiger charge is 2.31. The van der Waals surface area contributed by atoms with Gasteiger partial charge in [-0.1, -0.05) is 48.4 Å². The number of aliphatic carboxylic acids is 1. The Morgan fingerprint density at radius 2 is 1.83 bits per heavy atom. The van der Waals surface area contributed by atoms with Crippen molar-refractivity contribution >= 4 is 23.5 Å². The molecule has 2 unspecified atom stereocenters. The molecule has 0 saturated heterocycles. The fourth-order valence-electron chi connectivity index (χ4n) is 5.08. The van der Waals surface area contributed by atoms with Gasteiger partial charge in [-0.25, -0.2) is 4.79 Å². The monoisotopic (exact) mass is 496 g/mol. The standard InChI is InChI=1S/C26H25ClN2O6/c27-20-12-22-21(34-14-35-22)11-18(20)10-19-23(16-6-2-1-3-7-16)28-29(24(19)26(32)33)13-15-5-4-8-17(9-15)25(30)31/h1-3,6-7,11-12,15,17H,4-5,8-10,13-14H2,(H,30,31)(H,32,33). The Bertz CT molecular complexity index is 1270.